The minimum absolute atomic E-state index is 0.450. The number of hydrogen-bond donors (Lipinski definition) is 2. The first-order valence-electron chi connectivity index (χ1n) is 9.11. The Morgan fingerprint density at radius 3 is 2.40 bits per heavy atom. The largest absolute Gasteiger partial charge is 0.370 e. The standard InChI is InChI=1S/C21H30N4/c1-4-17-10-9-13-20(14-17)24-21(22)23-15-18-11-7-8-12-19(18)16-25(5-2)6-3/h7-14H,4-6,15-16H2,1-3H3,(H3,22,23,24). The smallest absolute Gasteiger partial charge is 0.193 e. The summed E-state index contributed by atoms with van der Waals surface area (Å²) in [6, 6.07) is 16.7. The number of benzene rings is 2. The Balaban J connectivity index is 2.05. The first kappa shape index (κ1) is 19.0. The molecule has 2 aromatic rings. The van der Waals surface area contributed by atoms with Gasteiger partial charge in [0.15, 0.2) is 5.96 Å². The van der Waals surface area contributed by atoms with E-state index in [1.807, 2.05) is 12.1 Å². The highest BCUT2D eigenvalue weighted by molar-refractivity contribution is 5.92. The summed E-state index contributed by atoms with van der Waals surface area (Å²) in [5.41, 5.74) is 10.9. The molecule has 0 radical (unpaired) electrons. The highest BCUT2D eigenvalue weighted by atomic mass is 15.1. The van der Waals surface area contributed by atoms with Gasteiger partial charge >= 0.3 is 0 Å². The summed E-state index contributed by atoms with van der Waals surface area (Å²) in [6.45, 7) is 10.2. The number of nitrogens with zero attached hydrogens (tertiary/aromatic N) is 2. The van der Waals surface area contributed by atoms with E-state index in [1.54, 1.807) is 0 Å². The summed E-state index contributed by atoms with van der Waals surface area (Å²) in [5, 5.41) is 3.19. The van der Waals surface area contributed by atoms with Crippen LogP contribution in [0.15, 0.2) is 53.5 Å². The zero-order valence-electron chi connectivity index (χ0n) is 15.6. The van der Waals surface area contributed by atoms with Gasteiger partial charge < -0.3 is 11.1 Å². The molecule has 25 heavy (non-hydrogen) atoms. The highest BCUT2D eigenvalue weighted by Crippen LogP contribution is 2.14. The van der Waals surface area contributed by atoms with Crippen molar-refractivity contribution in [3.05, 3.63) is 65.2 Å². The molecule has 0 amide bonds. The second-order valence-corrected chi connectivity index (χ2v) is 6.11. The van der Waals surface area contributed by atoms with Crippen LogP contribution >= 0.6 is 0 Å². The van der Waals surface area contributed by atoms with Gasteiger partial charge in [-0.2, -0.15) is 0 Å². The Hall–Kier alpha value is -2.33. The summed E-state index contributed by atoms with van der Waals surface area (Å²) in [4.78, 5) is 6.93. The number of aryl methyl sites for hydroxylation is 1. The maximum atomic E-state index is 6.08. The molecule has 0 aromatic heterocycles. The van der Waals surface area contributed by atoms with Gasteiger partial charge in [-0.1, -0.05) is 57.2 Å². The van der Waals surface area contributed by atoms with Gasteiger partial charge in [0.25, 0.3) is 0 Å². The average molecular weight is 338 g/mol. The summed E-state index contributed by atoms with van der Waals surface area (Å²) in [7, 11) is 0. The third-order valence-electron chi connectivity index (χ3n) is 4.43. The number of nitrogens with two attached hydrogens (primary N) is 1. The minimum atomic E-state index is 0.450. The Morgan fingerprint density at radius 2 is 1.72 bits per heavy atom. The van der Waals surface area contributed by atoms with E-state index in [4.69, 9.17) is 5.73 Å². The Morgan fingerprint density at radius 1 is 1.00 bits per heavy atom. The van der Waals surface area contributed by atoms with Crippen LogP contribution < -0.4 is 11.1 Å². The fraction of sp³-hybridized carbons (Fsp3) is 0.381. The van der Waals surface area contributed by atoms with E-state index in [-0.39, 0.29) is 0 Å². The SMILES string of the molecule is CCc1cccc(NC(N)=NCc2ccccc2CN(CC)CC)c1. The summed E-state index contributed by atoms with van der Waals surface area (Å²) in [5.74, 6) is 0.450. The molecule has 4 nitrogen and oxygen atoms in total. The van der Waals surface area contributed by atoms with Crippen molar-refractivity contribution < 1.29 is 0 Å². The van der Waals surface area contributed by atoms with E-state index in [9.17, 15) is 0 Å². The molecule has 0 aliphatic carbocycles. The lowest BCUT2D eigenvalue weighted by Gasteiger charge is -2.19. The molecule has 134 valence electrons. The molecule has 0 aliphatic rings. The second kappa shape index (κ2) is 9.84. The monoisotopic (exact) mass is 338 g/mol. The third-order valence-corrected chi connectivity index (χ3v) is 4.43. The molecule has 2 aromatic carbocycles. The zero-order chi connectivity index (χ0) is 18.1. The van der Waals surface area contributed by atoms with Gasteiger partial charge in [0.1, 0.15) is 0 Å². The van der Waals surface area contributed by atoms with Crippen molar-refractivity contribution in [2.24, 2.45) is 10.7 Å². The van der Waals surface area contributed by atoms with Crippen LogP contribution in [0.3, 0.4) is 0 Å². The van der Waals surface area contributed by atoms with E-state index < -0.39 is 0 Å². The van der Waals surface area contributed by atoms with Crippen molar-refractivity contribution in [1.82, 2.24) is 4.90 Å². The molecular formula is C21H30N4. The molecule has 2 rings (SSSR count). The van der Waals surface area contributed by atoms with Crippen LogP contribution in [0, 0.1) is 0 Å². The van der Waals surface area contributed by atoms with E-state index in [0.29, 0.717) is 12.5 Å². The summed E-state index contributed by atoms with van der Waals surface area (Å²) < 4.78 is 0. The van der Waals surface area contributed by atoms with Crippen molar-refractivity contribution in [2.45, 2.75) is 40.3 Å². The molecule has 0 bridgehead atoms. The van der Waals surface area contributed by atoms with Gasteiger partial charge in [-0.05, 0) is 48.3 Å². The molecule has 4 heteroatoms. The molecule has 0 heterocycles. The predicted octanol–water partition coefficient (Wildman–Crippen LogP) is 4.02. The third kappa shape index (κ3) is 5.91. The van der Waals surface area contributed by atoms with Crippen molar-refractivity contribution in [3.8, 4) is 0 Å². The van der Waals surface area contributed by atoms with Gasteiger partial charge in [0.05, 0.1) is 6.54 Å². The number of guanidine groups is 1. The normalized spacial score (nSPS) is 11.8. The maximum absolute atomic E-state index is 6.08. The fourth-order valence-electron chi connectivity index (χ4n) is 2.78. The van der Waals surface area contributed by atoms with E-state index in [1.165, 1.54) is 16.7 Å². The van der Waals surface area contributed by atoms with Gasteiger partial charge in [-0.3, -0.25) is 4.90 Å². The van der Waals surface area contributed by atoms with E-state index in [2.05, 4.69) is 72.4 Å². The molecule has 0 unspecified atom stereocenters. The van der Waals surface area contributed by atoms with Crippen molar-refractivity contribution in [2.75, 3.05) is 18.4 Å². The van der Waals surface area contributed by atoms with E-state index >= 15 is 0 Å². The van der Waals surface area contributed by atoms with Crippen molar-refractivity contribution >= 4 is 11.6 Å². The molecule has 3 N–H and O–H groups in total. The van der Waals surface area contributed by atoms with Crippen molar-refractivity contribution in [3.63, 3.8) is 0 Å². The summed E-state index contributed by atoms with van der Waals surface area (Å²) in [6.07, 6.45) is 1.01. The molecule has 0 fully saturated rings. The number of hydrogen-bond acceptors (Lipinski definition) is 2. The predicted molar refractivity (Wildman–Crippen MR) is 108 cm³/mol. The maximum Gasteiger partial charge on any atom is 0.193 e. The molecule has 0 spiro atoms. The van der Waals surface area contributed by atoms with Gasteiger partial charge in [-0.15, -0.1) is 0 Å². The second-order valence-electron chi connectivity index (χ2n) is 6.11. The quantitative estimate of drug-likeness (QED) is 0.565. The topological polar surface area (TPSA) is 53.6 Å². The fourth-order valence-corrected chi connectivity index (χ4v) is 2.78. The van der Waals surface area contributed by atoms with Crippen LogP contribution in [0.5, 0.6) is 0 Å². The number of aliphatic imine (C=N–C) groups is 1. The lowest BCUT2D eigenvalue weighted by Crippen LogP contribution is -2.24. The van der Waals surface area contributed by atoms with Gasteiger partial charge in [0, 0.05) is 12.2 Å². The van der Waals surface area contributed by atoms with Crippen LogP contribution in [-0.4, -0.2) is 23.9 Å². The Kier molecular flexibility index (Phi) is 7.48. The first-order chi connectivity index (χ1) is 12.2. The number of anilines is 1. The molecule has 0 saturated carbocycles. The average Bonchev–Trinajstić information content (AvgIpc) is 2.65. The lowest BCUT2D eigenvalue weighted by molar-refractivity contribution is 0.295. The van der Waals surface area contributed by atoms with Gasteiger partial charge in [-0.25, -0.2) is 4.99 Å². The first-order valence-corrected chi connectivity index (χ1v) is 9.11. The lowest BCUT2D eigenvalue weighted by atomic mass is 10.1. The van der Waals surface area contributed by atoms with Crippen LogP contribution in [0.1, 0.15) is 37.5 Å². The minimum Gasteiger partial charge on any atom is -0.370 e. The molecular weight excluding hydrogens is 308 g/mol. The van der Waals surface area contributed by atoms with Gasteiger partial charge in [0.2, 0.25) is 0 Å². The Labute approximate surface area is 151 Å². The highest BCUT2D eigenvalue weighted by Gasteiger charge is 2.06. The molecule has 0 aliphatic heterocycles. The van der Waals surface area contributed by atoms with Crippen LogP contribution in [-0.2, 0) is 19.5 Å². The van der Waals surface area contributed by atoms with Crippen LogP contribution in [0.2, 0.25) is 0 Å². The molecule has 0 atom stereocenters. The van der Waals surface area contributed by atoms with Crippen LogP contribution in [0.4, 0.5) is 5.69 Å². The summed E-state index contributed by atoms with van der Waals surface area (Å²) >= 11 is 0. The Bertz CT molecular complexity index is 690. The molecule has 0 saturated heterocycles. The number of nitrogens with one attached hydrogen (secondary N) is 1. The van der Waals surface area contributed by atoms with E-state index in [0.717, 1.165) is 31.7 Å². The number of rotatable bonds is 8. The van der Waals surface area contributed by atoms with Crippen molar-refractivity contribution in [1.29, 1.82) is 0 Å². The zero-order valence-corrected chi connectivity index (χ0v) is 15.6. The van der Waals surface area contributed by atoms with Crippen LogP contribution in [0.25, 0.3) is 0 Å².